The minimum Gasteiger partial charge on any atom is -0.343 e. The van der Waals surface area contributed by atoms with Crippen LogP contribution in [0.25, 0.3) is 22.2 Å². The molecule has 1 aromatic heterocycles. The third kappa shape index (κ3) is 2.61. The topological polar surface area (TPSA) is 51.1 Å². The van der Waals surface area contributed by atoms with Gasteiger partial charge in [0.1, 0.15) is 14.1 Å². The Hall–Kier alpha value is -2.95. The molecule has 5 nitrogen and oxygen atoms in total. The molecule has 0 atom stereocenters. The summed E-state index contributed by atoms with van der Waals surface area (Å²) in [6.45, 7) is 0. The van der Waals surface area contributed by atoms with Crippen molar-refractivity contribution in [2.45, 2.75) is 0 Å². The van der Waals surface area contributed by atoms with Gasteiger partial charge in [0.05, 0.1) is 16.2 Å². The van der Waals surface area contributed by atoms with Crippen LogP contribution in [0.5, 0.6) is 0 Å². The molecule has 23 heavy (non-hydrogen) atoms. The zero-order valence-corrected chi connectivity index (χ0v) is 13.4. The molecule has 0 unspecified atom stereocenters. The lowest BCUT2D eigenvalue weighted by Crippen LogP contribution is -2.01. The Labute approximate surface area is 134 Å². The minimum atomic E-state index is -0.353. The first-order chi connectivity index (χ1) is 11.0. The molecule has 0 fully saturated rings. The van der Waals surface area contributed by atoms with Gasteiger partial charge in [-0.1, -0.05) is 30.3 Å². The molecule has 0 bridgehead atoms. The molecule has 0 saturated carbocycles. The monoisotopic (exact) mass is 308 g/mol. The van der Waals surface area contributed by atoms with Crippen molar-refractivity contribution in [1.82, 2.24) is 4.57 Å². The molecule has 0 amide bonds. The lowest BCUT2D eigenvalue weighted by molar-refractivity contribution is -0.458. The third-order valence-electron chi connectivity index (χ3n) is 3.87. The van der Waals surface area contributed by atoms with Crippen LogP contribution >= 0.6 is 0 Å². The van der Waals surface area contributed by atoms with E-state index < -0.39 is 0 Å². The van der Waals surface area contributed by atoms with Crippen molar-refractivity contribution in [3.8, 4) is 11.3 Å². The number of nitrogens with zero attached hydrogens (tertiary/aromatic N) is 3. The van der Waals surface area contributed by atoms with Crippen LogP contribution in [-0.2, 0) is 7.05 Å². The molecular weight excluding hydrogens is 290 g/mol. The largest absolute Gasteiger partial charge is 0.343 e. The number of aromatic nitrogens is 1. The highest BCUT2D eigenvalue weighted by molar-refractivity contribution is 6.05. The highest BCUT2D eigenvalue weighted by Crippen LogP contribution is 2.33. The van der Waals surface area contributed by atoms with Crippen LogP contribution in [0.3, 0.4) is 0 Å². The van der Waals surface area contributed by atoms with E-state index in [0.717, 1.165) is 27.7 Å². The van der Waals surface area contributed by atoms with Gasteiger partial charge in [-0.25, -0.2) is 4.58 Å². The first-order valence-electron chi connectivity index (χ1n) is 7.32. The van der Waals surface area contributed by atoms with Crippen LogP contribution in [0.1, 0.15) is 5.56 Å². The van der Waals surface area contributed by atoms with E-state index in [1.807, 2.05) is 56.2 Å². The van der Waals surface area contributed by atoms with E-state index in [4.69, 9.17) is 0 Å². The summed E-state index contributed by atoms with van der Waals surface area (Å²) in [7, 11) is 5.89. The predicted octanol–water partition coefficient (Wildman–Crippen LogP) is 3.44. The number of fused-ring (bicyclic) bond motifs is 1. The number of rotatable bonds is 3. The van der Waals surface area contributed by atoms with E-state index in [-0.39, 0.29) is 10.6 Å². The predicted molar refractivity (Wildman–Crippen MR) is 92.3 cm³/mol. The van der Waals surface area contributed by atoms with Gasteiger partial charge in [-0.15, -0.1) is 0 Å². The smallest absolute Gasteiger partial charge is 0.270 e. The average Bonchev–Trinajstić information content (AvgIpc) is 2.79. The first kappa shape index (κ1) is 15.0. The van der Waals surface area contributed by atoms with Gasteiger partial charge in [-0.2, -0.15) is 0 Å². The van der Waals surface area contributed by atoms with Gasteiger partial charge < -0.3 is 4.57 Å². The minimum absolute atomic E-state index is 0.108. The maximum atomic E-state index is 11.1. The summed E-state index contributed by atoms with van der Waals surface area (Å²) in [5, 5.41) is 12.0. The lowest BCUT2D eigenvalue weighted by atomic mass is 10.1. The molecular formula is C18H18N3O2+. The molecule has 0 spiro atoms. The number of hydrogen-bond acceptors (Lipinski definition) is 2. The van der Waals surface area contributed by atoms with Crippen LogP contribution in [-0.4, -0.2) is 34.4 Å². The van der Waals surface area contributed by atoms with Gasteiger partial charge >= 0.3 is 0 Å². The van der Waals surface area contributed by atoms with E-state index in [2.05, 4.69) is 16.7 Å². The fourth-order valence-electron chi connectivity index (χ4n) is 2.91. The van der Waals surface area contributed by atoms with E-state index in [1.165, 1.54) is 0 Å². The van der Waals surface area contributed by atoms with E-state index >= 15 is 0 Å². The quantitative estimate of drug-likeness (QED) is 0.322. The second kappa shape index (κ2) is 5.68. The summed E-state index contributed by atoms with van der Waals surface area (Å²) >= 11 is 0. The van der Waals surface area contributed by atoms with Crippen LogP contribution in [0.4, 0.5) is 5.69 Å². The van der Waals surface area contributed by atoms with E-state index in [1.54, 1.807) is 12.1 Å². The number of aryl methyl sites for hydroxylation is 1. The van der Waals surface area contributed by atoms with Gasteiger partial charge in [0, 0.05) is 30.1 Å². The molecule has 116 valence electrons. The number of hydrogen-bond donors (Lipinski definition) is 0. The second-order valence-corrected chi connectivity index (χ2v) is 5.74. The van der Waals surface area contributed by atoms with Gasteiger partial charge in [-0.05, 0) is 11.6 Å². The zero-order chi connectivity index (χ0) is 16.6. The van der Waals surface area contributed by atoms with Crippen molar-refractivity contribution in [2.24, 2.45) is 7.05 Å². The molecule has 0 aliphatic carbocycles. The maximum Gasteiger partial charge on any atom is 0.270 e. The third-order valence-corrected chi connectivity index (χ3v) is 3.87. The Kier molecular flexibility index (Phi) is 3.70. The molecule has 5 heteroatoms. The van der Waals surface area contributed by atoms with Crippen LogP contribution < -0.4 is 0 Å². The number of benzene rings is 2. The van der Waals surface area contributed by atoms with Crippen molar-refractivity contribution in [3.05, 3.63) is 64.2 Å². The summed E-state index contributed by atoms with van der Waals surface area (Å²) in [5.41, 5.74) is 4.21. The highest BCUT2D eigenvalue weighted by Gasteiger charge is 2.19. The summed E-state index contributed by atoms with van der Waals surface area (Å²) in [5.74, 6) is 0. The van der Waals surface area contributed by atoms with Crippen LogP contribution in [0.2, 0.25) is 0 Å². The SMILES string of the molecule is Cn1c(-c2ccccc2)c(C=[N+](C)C)c2cc([N+](=O)[O-])ccc21. The van der Waals surface area contributed by atoms with Gasteiger partial charge in [0.2, 0.25) is 0 Å². The van der Waals surface area contributed by atoms with E-state index in [9.17, 15) is 10.1 Å². The fraction of sp³-hybridized carbons (Fsp3) is 0.167. The lowest BCUT2D eigenvalue weighted by Gasteiger charge is -2.05. The fourth-order valence-corrected chi connectivity index (χ4v) is 2.91. The normalized spacial score (nSPS) is 10.7. The molecule has 1 heterocycles. The van der Waals surface area contributed by atoms with E-state index in [0.29, 0.717) is 0 Å². The summed E-state index contributed by atoms with van der Waals surface area (Å²) in [6, 6.07) is 15.1. The molecule has 0 aliphatic rings. The van der Waals surface area contributed by atoms with Crippen molar-refractivity contribution in [2.75, 3.05) is 14.1 Å². The number of non-ortho nitro benzene ring substituents is 1. The number of nitro benzene ring substituents is 1. The summed E-state index contributed by atoms with van der Waals surface area (Å²) in [6.07, 6.45) is 2.01. The number of nitro groups is 1. The van der Waals surface area contributed by atoms with Crippen molar-refractivity contribution in [3.63, 3.8) is 0 Å². The van der Waals surface area contributed by atoms with Crippen LogP contribution in [0, 0.1) is 10.1 Å². The summed E-state index contributed by atoms with van der Waals surface area (Å²) < 4.78 is 4.05. The second-order valence-electron chi connectivity index (χ2n) is 5.74. The Bertz CT molecular complexity index is 920. The molecule has 3 aromatic rings. The van der Waals surface area contributed by atoms with Crippen LogP contribution in [0.15, 0.2) is 48.5 Å². The molecule has 0 radical (unpaired) electrons. The van der Waals surface area contributed by atoms with Gasteiger partial charge in [-0.3, -0.25) is 10.1 Å². The summed E-state index contributed by atoms with van der Waals surface area (Å²) in [4.78, 5) is 10.8. The average molecular weight is 308 g/mol. The molecule has 0 N–H and O–H groups in total. The van der Waals surface area contributed by atoms with Crippen molar-refractivity contribution < 1.29 is 9.50 Å². The Balaban J connectivity index is 2.41. The standard InChI is InChI=1S/C18H18N3O2/c1-19(2)12-16-15-11-14(21(22)23)9-10-17(15)20(3)18(16)13-7-5-4-6-8-13/h4-12H,1-3H3/q+1. The van der Waals surface area contributed by atoms with Crippen molar-refractivity contribution >= 4 is 22.8 Å². The maximum absolute atomic E-state index is 11.1. The van der Waals surface area contributed by atoms with Crippen molar-refractivity contribution in [1.29, 1.82) is 0 Å². The Morgan fingerprint density at radius 3 is 2.39 bits per heavy atom. The first-order valence-corrected chi connectivity index (χ1v) is 7.32. The Morgan fingerprint density at radius 2 is 1.78 bits per heavy atom. The molecule has 0 saturated heterocycles. The molecule has 3 rings (SSSR count). The highest BCUT2D eigenvalue weighted by atomic mass is 16.6. The zero-order valence-electron chi connectivity index (χ0n) is 13.4. The Morgan fingerprint density at radius 1 is 1.09 bits per heavy atom. The molecule has 2 aromatic carbocycles. The van der Waals surface area contributed by atoms with Gasteiger partial charge in [0.15, 0.2) is 6.21 Å². The van der Waals surface area contributed by atoms with Gasteiger partial charge in [0.25, 0.3) is 5.69 Å². The molecule has 0 aliphatic heterocycles.